The molecule has 0 bridgehead atoms. The van der Waals surface area contributed by atoms with E-state index in [1.807, 2.05) is 78.9 Å². The third kappa shape index (κ3) is 9.95. The molecule has 10 rings (SSSR count). The molecule has 0 aromatic heterocycles. The summed E-state index contributed by atoms with van der Waals surface area (Å²) in [5.74, 6) is 17.7. The topological polar surface area (TPSA) is 69.9 Å². The van der Waals surface area contributed by atoms with Crippen LogP contribution < -0.4 is 18.9 Å². The molecule has 0 spiro atoms. The van der Waals surface area contributed by atoms with E-state index in [9.17, 15) is 5.26 Å². The lowest BCUT2D eigenvalue weighted by Crippen LogP contribution is -2.35. The van der Waals surface area contributed by atoms with Gasteiger partial charge in [0, 0.05) is 28.7 Å². The van der Waals surface area contributed by atoms with Gasteiger partial charge in [0.25, 0.3) is 0 Å². The van der Waals surface area contributed by atoms with Crippen LogP contribution in [0.25, 0.3) is 43.1 Å². The quantitative estimate of drug-likeness (QED) is 0.0441. The molecule has 10 aromatic rings. The first-order valence-electron chi connectivity index (χ1n) is 24.7. The Morgan fingerprint density at radius 3 is 1.45 bits per heavy atom. The summed E-state index contributed by atoms with van der Waals surface area (Å²) < 4.78 is 29.9. The highest BCUT2D eigenvalue weighted by Crippen LogP contribution is 2.43. The lowest BCUT2D eigenvalue weighted by Gasteiger charge is -2.37. The molecule has 1 atom stereocenters. The molecule has 74 heavy (non-hydrogen) atoms. The first-order chi connectivity index (χ1) is 36.4. The predicted molar refractivity (Wildman–Crippen MR) is 299 cm³/mol. The summed E-state index contributed by atoms with van der Waals surface area (Å²) in [6.07, 6.45) is 3.72. The van der Waals surface area contributed by atoms with E-state index in [0.29, 0.717) is 25.9 Å². The van der Waals surface area contributed by atoms with Gasteiger partial charge in [-0.1, -0.05) is 139 Å². The summed E-state index contributed by atoms with van der Waals surface area (Å²) in [4.78, 5) is 0. The van der Waals surface area contributed by atoms with Gasteiger partial charge in [0.2, 0.25) is 0 Å². The van der Waals surface area contributed by atoms with E-state index in [4.69, 9.17) is 23.7 Å². The molecule has 0 saturated heterocycles. The molecule has 10 aromatic carbocycles. The van der Waals surface area contributed by atoms with Gasteiger partial charge in [0.1, 0.15) is 28.6 Å². The third-order valence-corrected chi connectivity index (χ3v) is 13.9. The molecule has 1 unspecified atom stereocenters. The average molecular weight is 965 g/mol. The summed E-state index contributed by atoms with van der Waals surface area (Å²) in [5, 5.41) is 18.1. The Morgan fingerprint density at radius 2 is 0.919 bits per heavy atom. The zero-order valence-corrected chi connectivity index (χ0v) is 41.9. The van der Waals surface area contributed by atoms with Crippen LogP contribution in [0.4, 0.5) is 0 Å². The lowest BCUT2D eigenvalue weighted by atomic mass is 9.79. The Labute approximate surface area is 433 Å². The summed E-state index contributed by atoms with van der Waals surface area (Å²) in [5.41, 5.74) is 6.73. The van der Waals surface area contributed by atoms with Crippen molar-refractivity contribution in [3.05, 3.63) is 245 Å². The van der Waals surface area contributed by atoms with Gasteiger partial charge in [-0.15, -0.1) is 0 Å². The SMILES string of the molecule is COc1ccc(C(OCC(C[CH]CC#N)Cc2ccc3c(C#Cc4cccc5cc(OC)ccc45)c4ccccc4c(C#Cc4cccc5cc(OC)ccc45)c3c2)(c2ccccc2)c2ccc(OC)cc2)cc1. The molecule has 0 saturated carbocycles. The summed E-state index contributed by atoms with van der Waals surface area (Å²) in [6, 6.07) is 68.7. The minimum Gasteiger partial charge on any atom is -0.497 e. The van der Waals surface area contributed by atoms with E-state index in [0.717, 1.165) is 111 Å². The molecule has 0 aliphatic carbocycles. The molecular formula is C68H54NO5. The fraction of sp³-hybridized carbons (Fsp3) is 0.147. The Morgan fingerprint density at radius 1 is 0.446 bits per heavy atom. The highest BCUT2D eigenvalue weighted by molar-refractivity contribution is 6.10. The molecule has 6 heteroatoms. The van der Waals surface area contributed by atoms with Crippen molar-refractivity contribution >= 4 is 43.1 Å². The molecule has 0 fully saturated rings. The number of hydrogen-bond acceptors (Lipinski definition) is 6. The van der Waals surface area contributed by atoms with Crippen molar-refractivity contribution < 1.29 is 23.7 Å². The molecule has 361 valence electrons. The highest BCUT2D eigenvalue weighted by Gasteiger charge is 2.38. The van der Waals surface area contributed by atoms with Crippen LogP contribution in [-0.4, -0.2) is 35.0 Å². The standard InChI is InChI=1S/C68H54NO5/c1-70-56-30-26-54(27-31-56)68(53-19-6-5-7-20-53,55-28-32-57(71-2)33-29-55)74-46-48(14-10-11-41-69)42-47-23-36-65-64(37-24-49-15-12-17-51-44-58(72-3)34-39-60(49)51)62-21-8-9-22-63(62)66(67(65)43-47)38-25-50-16-13-18-52-45-59(73-4)35-40-61(50)52/h5-10,12-13,15-23,26-36,39-40,43-45,48H,11,14,42,46H2,1-4H3. The first kappa shape index (κ1) is 48.6. The number of benzene rings is 10. The smallest absolute Gasteiger partial charge is 0.143 e. The Balaban J connectivity index is 1.12. The van der Waals surface area contributed by atoms with Crippen molar-refractivity contribution in [2.45, 2.75) is 24.9 Å². The maximum atomic E-state index is 9.76. The minimum absolute atomic E-state index is 0.0210. The fourth-order valence-electron chi connectivity index (χ4n) is 10.1. The number of nitrogens with zero attached hydrogens (tertiary/aromatic N) is 1. The van der Waals surface area contributed by atoms with Crippen LogP contribution in [0.5, 0.6) is 23.0 Å². The molecule has 0 aliphatic heterocycles. The van der Waals surface area contributed by atoms with E-state index in [-0.39, 0.29) is 5.92 Å². The number of fused-ring (bicyclic) bond motifs is 4. The monoisotopic (exact) mass is 964 g/mol. The molecule has 0 heterocycles. The van der Waals surface area contributed by atoms with Gasteiger partial charge >= 0.3 is 0 Å². The largest absolute Gasteiger partial charge is 0.497 e. The number of rotatable bonds is 15. The van der Waals surface area contributed by atoms with Crippen molar-refractivity contribution in [3.63, 3.8) is 0 Å². The Kier molecular flexibility index (Phi) is 14.6. The zero-order chi connectivity index (χ0) is 50.9. The van der Waals surface area contributed by atoms with Gasteiger partial charge in [-0.3, -0.25) is 0 Å². The van der Waals surface area contributed by atoms with Gasteiger partial charge in [0.15, 0.2) is 0 Å². The van der Waals surface area contributed by atoms with Gasteiger partial charge < -0.3 is 23.7 Å². The average Bonchev–Trinajstić information content (AvgIpc) is 3.46. The predicted octanol–water partition coefficient (Wildman–Crippen LogP) is 14.8. The first-order valence-corrected chi connectivity index (χ1v) is 24.7. The second-order valence-electron chi connectivity index (χ2n) is 18.2. The van der Waals surface area contributed by atoms with Crippen LogP contribution in [-0.2, 0) is 16.8 Å². The lowest BCUT2D eigenvalue weighted by molar-refractivity contribution is -0.00844. The van der Waals surface area contributed by atoms with Crippen LogP contribution in [0.15, 0.2) is 194 Å². The van der Waals surface area contributed by atoms with Gasteiger partial charge in [0.05, 0.1) is 41.1 Å². The van der Waals surface area contributed by atoms with Crippen molar-refractivity contribution in [3.8, 4) is 52.7 Å². The van der Waals surface area contributed by atoms with Crippen LogP contribution in [0.3, 0.4) is 0 Å². The second kappa shape index (κ2) is 22.2. The van der Waals surface area contributed by atoms with Crippen LogP contribution in [0.2, 0.25) is 0 Å². The van der Waals surface area contributed by atoms with Gasteiger partial charge in [-0.05, 0) is 169 Å². The number of methoxy groups -OCH3 is 4. The molecule has 1 radical (unpaired) electrons. The molecule has 0 amide bonds. The maximum absolute atomic E-state index is 9.76. The fourth-order valence-corrected chi connectivity index (χ4v) is 10.1. The second-order valence-corrected chi connectivity index (χ2v) is 18.2. The number of unbranched alkanes of at least 4 members (excludes halogenated alkanes) is 1. The summed E-state index contributed by atoms with van der Waals surface area (Å²) in [7, 11) is 6.72. The van der Waals surface area contributed by atoms with Crippen molar-refractivity contribution in [1.29, 1.82) is 5.26 Å². The van der Waals surface area contributed by atoms with Gasteiger partial charge in [-0.25, -0.2) is 0 Å². The van der Waals surface area contributed by atoms with Crippen molar-refractivity contribution in [2.24, 2.45) is 5.92 Å². The Bertz CT molecular complexity index is 3770. The maximum Gasteiger partial charge on any atom is 0.143 e. The highest BCUT2D eigenvalue weighted by atomic mass is 16.5. The van der Waals surface area contributed by atoms with Crippen molar-refractivity contribution in [2.75, 3.05) is 35.0 Å². The van der Waals surface area contributed by atoms with Gasteiger partial charge in [-0.2, -0.15) is 5.26 Å². The molecule has 0 aliphatic rings. The number of nitriles is 1. The normalized spacial score (nSPS) is 11.6. The third-order valence-electron chi connectivity index (χ3n) is 13.9. The van der Waals surface area contributed by atoms with Crippen LogP contribution in [0.1, 0.15) is 57.3 Å². The van der Waals surface area contributed by atoms with Crippen LogP contribution in [0, 0.1) is 47.4 Å². The van der Waals surface area contributed by atoms with Crippen LogP contribution >= 0.6 is 0 Å². The molecular weight excluding hydrogens is 911 g/mol. The summed E-state index contributed by atoms with van der Waals surface area (Å²) in [6.45, 7) is 0.372. The van der Waals surface area contributed by atoms with E-state index in [1.165, 1.54) is 0 Å². The number of hydrogen-bond donors (Lipinski definition) is 0. The Hall–Kier alpha value is -8.99. The van der Waals surface area contributed by atoms with E-state index >= 15 is 0 Å². The van der Waals surface area contributed by atoms with E-state index < -0.39 is 5.60 Å². The minimum atomic E-state index is -1.01. The molecule has 0 N–H and O–H groups in total. The molecule has 6 nitrogen and oxygen atoms in total. The zero-order valence-electron chi connectivity index (χ0n) is 41.9. The van der Waals surface area contributed by atoms with Crippen molar-refractivity contribution in [1.82, 2.24) is 0 Å². The summed E-state index contributed by atoms with van der Waals surface area (Å²) >= 11 is 0. The van der Waals surface area contributed by atoms with E-state index in [2.05, 4.69) is 151 Å². The van der Waals surface area contributed by atoms with E-state index in [1.54, 1.807) is 28.4 Å². The number of ether oxygens (including phenoxy) is 5.